The highest BCUT2D eigenvalue weighted by Gasteiger charge is 2.19. The number of hydrogen-bond donors (Lipinski definition) is 0. The van der Waals surface area contributed by atoms with Crippen LogP contribution in [0.15, 0.2) is 29.1 Å². The predicted molar refractivity (Wildman–Crippen MR) is 88.4 cm³/mol. The smallest absolute Gasteiger partial charge is 0.261 e. The minimum Gasteiger partial charge on any atom is -0.294 e. The molecule has 1 aromatic carbocycles. The van der Waals surface area contributed by atoms with Crippen LogP contribution in [0.5, 0.6) is 0 Å². The second-order valence-corrected chi connectivity index (χ2v) is 7.42. The zero-order chi connectivity index (χ0) is 15.6. The number of para-hydroxylation sites is 1. The van der Waals surface area contributed by atoms with Gasteiger partial charge in [0.25, 0.3) is 5.56 Å². The highest BCUT2D eigenvalue weighted by atomic mass is 35.5. The molecule has 1 aromatic heterocycles. The zero-order valence-corrected chi connectivity index (χ0v) is 13.9. The van der Waals surface area contributed by atoms with E-state index in [-0.39, 0.29) is 16.2 Å². The first-order valence-electron chi connectivity index (χ1n) is 6.91. The van der Waals surface area contributed by atoms with Gasteiger partial charge in [0.1, 0.15) is 5.82 Å². The van der Waals surface area contributed by atoms with Crippen LogP contribution in [0.1, 0.15) is 31.5 Å². The Balaban J connectivity index is 2.66. The van der Waals surface area contributed by atoms with Gasteiger partial charge in [-0.1, -0.05) is 19.1 Å². The molecule has 6 heteroatoms. The first-order valence-corrected chi connectivity index (χ1v) is 8.97. The summed E-state index contributed by atoms with van der Waals surface area (Å²) < 4.78 is 13.2. The minimum atomic E-state index is -1.01. The predicted octanol–water partition coefficient (Wildman–Crippen LogP) is 2.85. The van der Waals surface area contributed by atoms with Crippen LogP contribution in [-0.2, 0) is 17.3 Å². The number of hydrogen-bond acceptors (Lipinski definition) is 3. The molecule has 0 aliphatic rings. The lowest BCUT2D eigenvalue weighted by Gasteiger charge is -2.18. The second-order valence-electron chi connectivity index (χ2n) is 5.09. The summed E-state index contributed by atoms with van der Waals surface area (Å²) in [5.41, 5.74) is 0.533. The molecule has 0 spiro atoms. The van der Waals surface area contributed by atoms with Gasteiger partial charge in [0.15, 0.2) is 0 Å². The maximum absolute atomic E-state index is 12.7. The number of alkyl halides is 1. The van der Waals surface area contributed by atoms with E-state index in [1.54, 1.807) is 16.9 Å². The Kier molecular flexibility index (Phi) is 5.17. The fraction of sp³-hybridized carbons (Fsp3) is 0.467. The molecule has 0 aliphatic heterocycles. The molecule has 1 heterocycles. The molecule has 0 N–H and O–H groups in total. The number of rotatable bonds is 5. The minimum absolute atomic E-state index is 0.119. The van der Waals surface area contributed by atoms with Gasteiger partial charge >= 0.3 is 0 Å². The van der Waals surface area contributed by atoms with E-state index >= 15 is 0 Å². The average molecular weight is 327 g/mol. The van der Waals surface area contributed by atoms with E-state index < -0.39 is 10.8 Å². The molecule has 21 heavy (non-hydrogen) atoms. The molecule has 0 saturated carbocycles. The van der Waals surface area contributed by atoms with Crippen LogP contribution in [0.3, 0.4) is 0 Å². The Labute approximate surface area is 131 Å². The molecule has 0 bridgehead atoms. The van der Waals surface area contributed by atoms with Gasteiger partial charge in [-0.05, 0) is 25.5 Å². The van der Waals surface area contributed by atoms with Gasteiger partial charge in [0.2, 0.25) is 0 Å². The molecular weight excluding hydrogens is 308 g/mol. The monoisotopic (exact) mass is 326 g/mol. The van der Waals surface area contributed by atoms with Crippen molar-refractivity contribution < 1.29 is 4.21 Å². The largest absolute Gasteiger partial charge is 0.294 e. The van der Waals surface area contributed by atoms with Crippen molar-refractivity contribution in [2.45, 2.75) is 37.4 Å². The Bertz CT molecular complexity index is 729. The van der Waals surface area contributed by atoms with E-state index in [0.717, 1.165) is 0 Å². The Morgan fingerprint density at radius 3 is 2.67 bits per heavy atom. The Hall–Kier alpha value is -1.20. The summed E-state index contributed by atoms with van der Waals surface area (Å²) in [7, 11) is -1.01. The molecular formula is C15H19ClN2O2S. The first-order chi connectivity index (χ1) is 9.95. The second kappa shape index (κ2) is 6.71. The van der Waals surface area contributed by atoms with Crippen molar-refractivity contribution in [3.05, 3.63) is 40.4 Å². The van der Waals surface area contributed by atoms with Gasteiger partial charge in [-0.25, -0.2) is 4.98 Å². The Morgan fingerprint density at radius 2 is 2.05 bits per heavy atom. The van der Waals surface area contributed by atoms with Gasteiger partial charge in [-0.15, -0.1) is 11.6 Å². The summed E-state index contributed by atoms with van der Waals surface area (Å²) in [6.45, 7) is 4.17. The van der Waals surface area contributed by atoms with Crippen LogP contribution in [0.25, 0.3) is 10.9 Å². The molecule has 0 saturated heterocycles. The van der Waals surface area contributed by atoms with Crippen molar-refractivity contribution in [3.8, 4) is 0 Å². The molecule has 2 rings (SSSR count). The van der Waals surface area contributed by atoms with E-state index in [1.807, 2.05) is 32.0 Å². The number of aromatic nitrogens is 2. The van der Waals surface area contributed by atoms with Crippen molar-refractivity contribution in [1.82, 2.24) is 9.55 Å². The van der Waals surface area contributed by atoms with Gasteiger partial charge in [-0.2, -0.15) is 0 Å². The maximum Gasteiger partial charge on any atom is 0.261 e. The maximum atomic E-state index is 12.7. The normalized spacial score (nSPS) is 15.8. The van der Waals surface area contributed by atoms with Crippen molar-refractivity contribution in [2.75, 3.05) is 6.26 Å². The van der Waals surface area contributed by atoms with Gasteiger partial charge in [0.05, 0.1) is 16.3 Å². The van der Waals surface area contributed by atoms with Crippen LogP contribution >= 0.6 is 11.6 Å². The molecule has 3 atom stereocenters. The number of halogens is 1. The summed E-state index contributed by atoms with van der Waals surface area (Å²) in [5.74, 6) is 0.556. The Morgan fingerprint density at radius 1 is 1.38 bits per heavy atom. The highest BCUT2D eigenvalue weighted by Crippen LogP contribution is 2.23. The lowest BCUT2D eigenvalue weighted by molar-refractivity contribution is 0.587. The van der Waals surface area contributed by atoms with Crippen molar-refractivity contribution >= 4 is 33.3 Å². The number of fused-ring (bicyclic) bond motifs is 1. The molecule has 2 aromatic rings. The summed E-state index contributed by atoms with van der Waals surface area (Å²) in [6.07, 6.45) is 2.32. The SMILES string of the molecule is CCC(Cl)c1nc2ccccc2c(=O)n1CC(C)S(C)=O. The number of nitrogens with zero attached hydrogens (tertiary/aromatic N) is 2. The van der Waals surface area contributed by atoms with Crippen LogP contribution in [-0.4, -0.2) is 25.3 Å². The fourth-order valence-electron chi connectivity index (χ4n) is 2.15. The first kappa shape index (κ1) is 16.2. The van der Waals surface area contributed by atoms with Crippen LogP contribution < -0.4 is 5.56 Å². The third-order valence-corrected chi connectivity index (χ3v) is 5.32. The summed E-state index contributed by atoms with van der Waals surface area (Å²) >= 11 is 6.33. The number of benzene rings is 1. The highest BCUT2D eigenvalue weighted by molar-refractivity contribution is 7.84. The molecule has 3 unspecified atom stereocenters. The zero-order valence-electron chi connectivity index (χ0n) is 12.4. The molecule has 4 nitrogen and oxygen atoms in total. The molecule has 0 fully saturated rings. The van der Waals surface area contributed by atoms with Crippen molar-refractivity contribution in [1.29, 1.82) is 0 Å². The topological polar surface area (TPSA) is 52.0 Å². The van der Waals surface area contributed by atoms with E-state index in [1.165, 1.54) is 0 Å². The van der Waals surface area contributed by atoms with E-state index in [0.29, 0.717) is 29.7 Å². The molecule has 0 amide bonds. The summed E-state index contributed by atoms with van der Waals surface area (Å²) in [4.78, 5) is 17.2. The molecule has 114 valence electrons. The van der Waals surface area contributed by atoms with Crippen LogP contribution in [0.4, 0.5) is 0 Å². The lowest BCUT2D eigenvalue weighted by Crippen LogP contribution is -2.31. The van der Waals surface area contributed by atoms with Gasteiger partial charge < -0.3 is 0 Å². The lowest BCUT2D eigenvalue weighted by atomic mass is 10.2. The third-order valence-electron chi connectivity index (χ3n) is 3.54. The van der Waals surface area contributed by atoms with Crippen molar-refractivity contribution in [3.63, 3.8) is 0 Å². The van der Waals surface area contributed by atoms with Crippen LogP contribution in [0.2, 0.25) is 0 Å². The van der Waals surface area contributed by atoms with Gasteiger partial charge in [-0.3, -0.25) is 13.6 Å². The molecule has 0 aliphatic carbocycles. The van der Waals surface area contributed by atoms with E-state index in [9.17, 15) is 9.00 Å². The van der Waals surface area contributed by atoms with E-state index in [4.69, 9.17) is 11.6 Å². The van der Waals surface area contributed by atoms with Crippen LogP contribution in [0, 0.1) is 0 Å². The van der Waals surface area contributed by atoms with Crippen molar-refractivity contribution in [2.24, 2.45) is 0 Å². The quantitative estimate of drug-likeness (QED) is 0.794. The van der Waals surface area contributed by atoms with Gasteiger partial charge in [0, 0.05) is 28.9 Å². The summed E-state index contributed by atoms with van der Waals surface area (Å²) in [6, 6.07) is 7.23. The van der Waals surface area contributed by atoms with E-state index in [2.05, 4.69) is 4.98 Å². The fourth-order valence-corrected chi connectivity index (χ4v) is 2.67. The summed E-state index contributed by atoms with van der Waals surface area (Å²) in [5, 5.41) is 0.0974. The standard InChI is InChI=1S/C15H19ClN2O2S/c1-4-12(16)14-17-13-8-6-5-7-11(13)15(19)18(14)9-10(2)21(3)20/h5-8,10,12H,4,9H2,1-3H3. The molecule has 0 radical (unpaired) electrons. The average Bonchev–Trinajstić information content (AvgIpc) is 2.48. The third kappa shape index (κ3) is 3.35.